The van der Waals surface area contributed by atoms with Crippen LogP contribution in [0.3, 0.4) is 0 Å². The lowest BCUT2D eigenvalue weighted by molar-refractivity contribution is -0.124. The van der Waals surface area contributed by atoms with Crippen LogP contribution in [-0.4, -0.2) is 25.5 Å². The van der Waals surface area contributed by atoms with Crippen molar-refractivity contribution >= 4 is 21.8 Å². The SMILES string of the molecule is O=C(NCCc1ccc(F)c(Br)c1)C1CCNC1. The Morgan fingerprint density at radius 3 is 3.06 bits per heavy atom. The van der Waals surface area contributed by atoms with E-state index < -0.39 is 0 Å². The van der Waals surface area contributed by atoms with Gasteiger partial charge in [0, 0.05) is 13.1 Å². The maximum Gasteiger partial charge on any atom is 0.224 e. The predicted molar refractivity (Wildman–Crippen MR) is 71.8 cm³/mol. The fourth-order valence-electron chi connectivity index (χ4n) is 2.05. The van der Waals surface area contributed by atoms with Gasteiger partial charge < -0.3 is 10.6 Å². The molecule has 0 aliphatic carbocycles. The highest BCUT2D eigenvalue weighted by atomic mass is 79.9. The van der Waals surface area contributed by atoms with Gasteiger partial charge in [-0.25, -0.2) is 4.39 Å². The summed E-state index contributed by atoms with van der Waals surface area (Å²) in [6.07, 6.45) is 1.62. The number of nitrogens with one attached hydrogen (secondary N) is 2. The number of benzene rings is 1. The minimum Gasteiger partial charge on any atom is -0.355 e. The van der Waals surface area contributed by atoms with Crippen molar-refractivity contribution in [3.8, 4) is 0 Å². The first-order valence-electron chi connectivity index (χ1n) is 6.09. The van der Waals surface area contributed by atoms with Crippen LogP contribution in [-0.2, 0) is 11.2 Å². The molecule has 5 heteroatoms. The lowest BCUT2D eigenvalue weighted by atomic mass is 10.1. The van der Waals surface area contributed by atoms with Crippen LogP contribution in [0.1, 0.15) is 12.0 Å². The van der Waals surface area contributed by atoms with E-state index >= 15 is 0 Å². The molecule has 1 fully saturated rings. The molecule has 1 aliphatic heterocycles. The zero-order valence-corrected chi connectivity index (χ0v) is 11.6. The first-order valence-corrected chi connectivity index (χ1v) is 6.88. The van der Waals surface area contributed by atoms with Crippen LogP contribution < -0.4 is 10.6 Å². The number of amides is 1. The first kappa shape index (κ1) is 13.5. The van der Waals surface area contributed by atoms with Gasteiger partial charge in [-0.2, -0.15) is 0 Å². The van der Waals surface area contributed by atoms with E-state index in [0.717, 1.165) is 25.1 Å². The van der Waals surface area contributed by atoms with E-state index in [1.807, 2.05) is 0 Å². The molecule has 0 radical (unpaired) electrons. The standard InChI is InChI=1S/C13H16BrFN2O/c14-11-7-9(1-2-12(11)15)3-6-17-13(18)10-4-5-16-8-10/h1-2,7,10,16H,3-6,8H2,(H,17,18). The van der Waals surface area contributed by atoms with Gasteiger partial charge in [0.1, 0.15) is 5.82 Å². The summed E-state index contributed by atoms with van der Waals surface area (Å²) in [4.78, 5) is 11.7. The van der Waals surface area contributed by atoms with E-state index in [2.05, 4.69) is 26.6 Å². The smallest absolute Gasteiger partial charge is 0.224 e. The highest BCUT2D eigenvalue weighted by molar-refractivity contribution is 9.10. The Morgan fingerprint density at radius 2 is 2.39 bits per heavy atom. The molecule has 98 valence electrons. The van der Waals surface area contributed by atoms with Crippen LogP contribution >= 0.6 is 15.9 Å². The minimum absolute atomic E-state index is 0.102. The Kier molecular flexibility index (Phi) is 4.72. The van der Waals surface area contributed by atoms with Crippen molar-refractivity contribution in [1.29, 1.82) is 0 Å². The minimum atomic E-state index is -0.264. The molecular formula is C13H16BrFN2O. The van der Waals surface area contributed by atoms with E-state index in [-0.39, 0.29) is 17.6 Å². The first-order chi connectivity index (χ1) is 8.66. The summed E-state index contributed by atoms with van der Waals surface area (Å²) >= 11 is 3.15. The third-order valence-electron chi connectivity index (χ3n) is 3.13. The maximum atomic E-state index is 13.0. The molecule has 0 bridgehead atoms. The van der Waals surface area contributed by atoms with Gasteiger partial charge in [-0.3, -0.25) is 4.79 Å². The number of rotatable bonds is 4. The largest absolute Gasteiger partial charge is 0.355 e. The van der Waals surface area contributed by atoms with Crippen LogP contribution in [0.15, 0.2) is 22.7 Å². The van der Waals surface area contributed by atoms with Gasteiger partial charge in [-0.15, -0.1) is 0 Å². The molecule has 18 heavy (non-hydrogen) atoms. The van der Waals surface area contributed by atoms with Crippen molar-refractivity contribution in [2.75, 3.05) is 19.6 Å². The highest BCUT2D eigenvalue weighted by Gasteiger charge is 2.21. The lowest BCUT2D eigenvalue weighted by Gasteiger charge is -2.10. The van der Waals surface area contributed by atoms with Crippen LogP contribution in [0.4, 0.5) is 4.39 Å². The zero-order chi connectivity index (χ0) is 13.0. The van der Waals surface area contributed by atoms with E-state index in [0.29, 0.717) is 17.4 Å². The second-order valence-corrected chi connectivity index (χ2v) is 5.33. The molecule has 0 spiro atoms. The molecule has 1 aromatic carbocycles. The Balaban J connectivity index is 1.77. The third-order valence-corrected chi connectivity index (χ3v) is 3.74. The lowest BCUT2D eigenvalue weighted by Crippen LogP contribution is -2.33. The van der Waals surface area contributed by atoms with E-state index in [4.69, 9.17) is 0 Å². The van der Waals surface area contributed by atoms with Crippen molar-refractivity contribution < 1.29 is 9.18 Å². The quantitative estimate of drug-likeness (QED) is 0.890. The van der Waals surface area contributed by atoms with Crippen molar-refractivity contribution in [1.82, 2.24) is 10.6 Å². The van der Waals surface area contributed by atoms with Gasteiger partial charge in [0.2, 0.25) is 5.91 Å². The Morgan fingerprint density at radius 1 is 1.56 bits per heavy atom. The predicted octanol–water partition coefficient (Wildman–Crippen LogP) is 1.86. The summed E-state index contributed by atoms with van der Waals surface area (Å²) in [6, 6.07) is 4.92. The molecule has 0 saturated carbocycles. The number of halogens is 2. The van der Waals surface area contributed by atoms with Gasteiger partial charge in [0.05, 0.1) is 10.4 Å². The molecule has 1 unspecified atom stereocenters. The van der Waals surface area contributed by atoms with E-state index in [1.165, 1.54) is 6.07 Å². The number of carbonyl (C=O) groups is 1. The van der Waals surface area contributed by atoms with E-state index in [1.54, 1.807) is 12.1 Å². The topological polar surface area (TPSA) is 41.1 Å². The molecular weight excluding hydrogens is 299 g/mol. The number of hydrogen-bond donors (Lipinski definition) is 2. The highest BCUT2D eigenvalue weighted by Crippen LogP contribution is 2.17. The molecule has 0 aromatic heterocycles. The van der Waals surface area contributed by atoms with Gasteiger partial charge in [-0.05, 0) is 53.0 Å². The molecule has 1 aromatic rings. The molecule has 1 atom stereocenters. The second kappa shape index (κ2) is 6.29. The monoisotopic (exact) mass is 314 g/mol. The van der Waals surface area contributed by atoms with Crippen LogP contribution in [0.25, 0.3) is 0 Å². The molecule has 1 amide bonds. The Bertz CT molecular complexity index is 433. The zero-order valence-electron chi connectivity index (χ0n) is 10.0. The Labute approximate surface area is 114 Å². The number of hydrogen-bond acceptors (Lipinski definition) is 2. The maximum absolute atomic E-state index is 13.0. The molecule has 1 heterocycles. The van der Waals surface area contributed by atoms with E-state index in [9.17, 15) is 9.18 Å². The molecule has 2 rings (SSSR count). The van der Waals surface area contributed by atoms with Crippen molar-refractivity contribution in [2.24, 2.45) is 5.92 Å². The van der Waals surface area contributed by atoms with Crippen molar-refractivity contribution in [3.63, 3.8) is 0 Å². The summed E-state index contributed by atoms with van der Waals surface area (Å²) in [6.45, 7) is 2.28. The van der Waals surface area contributed by atoms with Gasteiger partial charge >= 0.3 is 0 Å². The van der Waals surface area contributed by atoms with Crippen LogP contribution in [0.2, 0.25) is 0 Å². The molecule has 1 aliphatic rings. The average Bonchev–Trinajstić information content (AvgIpc) is 2.87. The number of carbonyl (C=O) groups excluding carboxylic acids is 1. The second-order valence-electron chi connectivity index (χ2n) is 4.48. The summed E-state index contributed by atoms with van der Waals surface area (Å²) in [5.41, 5.74) is 1.01. The van der Waals surface area contributed by atoms with Crippen molar-refractivity contribution in [3.05, 3.63) is 34.1 Å². The molecule has 2 N–H and O–H groups in total. The van der Waals surface area contributed by atoms with Gasteiger partial charge in [0.15, 0.2) is 0 Å². The average molecular weight is 315 g/mol. The Hall–Kier alpha value is -0.940. The van der Waals surface area contributed by atoms with Gasteiger partial charge in [-0.1, -0.05) is 6.07 Å². The fraction of sp³-hybridized carbons (Fsp3) is 0.462. The fourth-order valence-corrected chi connectivity index (χ4v) is 2.47. The van der Waals surface area contributed by atoms with Crippen LogP contribution in [0, 0.1) is 11.7 Å². The molecule has 1 saturated heterocycles. The third kappa shape index (κ3) is 3.53. The molecule has 3 nitrogen and oxygen atoms in total. The normalized spacial score (nSPS) is 18.9. The van der Waals surface area contributed by atoms with Crippen LogP contribution in [0.5, 0.6) is 0 Å². The van der Waals surface area contributed by atoms with Crippen molar-refractivity contribution in [2.45, 2.75) is 12.8 Å². The summed E-state index contributed by atoms with van der Waals surface area (Å²) in [5.74, 6) is -0.0500. The summed E-state index contributed by atoms with van der Waals surface area (Å²) in [5, 5.41) is 6.09. The summed E-state index contributed by atoms with van der Waals surface area (Å²) in [7, 11) is 0. The summed E-state index contributed by atoms with van der Waals surface area (Å²) < 4.78 is 13.5. The van der Waals surface area contributed by atoms with Gasteiger partial charge in [0.25, 0.3) is 0 Å².